The number of carbonyl (C=O) groups is 4. The molecular formula is C16H4Cl8N2O5. The van der Waals surface area contributed by atoms with Crippen LogP contribution in [0.25, 0.3) is 0 Å². The summed E-state index contributed by atoms with van der Waals surface area (Å²) in [6.45, 7) is 0. The van der Waals surface area contributed by atoms with Gasteiger partial charge in [-0.25, -0.2) is 9.59 Å². The van der Waals surface area contributed by atoms with Gasteiger partial charge >= 0.3 is 11.9 Å². The summed E-state index contributed by atoms with van der Waals surface area (Å²) in [7, 11) is 0. The lowest BCUT2D eigenvalue weighted by atomic mass is 10.1. The summed E-state index contributed by atoms with van der Waals surface area (Å²) in [6.07, 6.45) is 0. The van der Waals surface area contributed by atoms with E-state index in [4.69, 9.17) is 104 Å². The Hall–Kier alpha value is -1.16. The molecule has 0 radical (unpaired) electrons. The van der Waals surface area contributed by atoms with Crippen molar-refractivity contribution in [2.45, 2.75) is 0 Å². The van der Waals surface area contributed by atoms with Crippen molar-refractivity contribution >= 4 is 117 Å². The largest absolute Gasteiger partial charge is 0.386 e. The molecule has 0 bridgehead atoms. The highest BCUT2D eigenvalue weighted by molar-refractivity contribution is 6.55. The van der Waals surface area contributed by atoms with E-state index < -0.39 is 76.1 Å². The average molecular weight is 588 g/mol. The Bertz CT molecular complexity index is 1110. The zero-order chi connectivity index (χ0) is 23.9. The van der Waals surface area contributed by atoms with Gasteiger partial charge in [-0.2, -0.15) is 0 Å². The highest BCUT2D eigenvalue weighted by Crippen LogP contribution is 2.43. The zero-order valence-electron chi connectivity index (χ0n) is 14.2. The average Bonchev–Trinajstić information content (AvgIpc) is 2.68. The van der Waals surface area contributed by atoms with Crippen molar-refractivity contribution in [1.29, 1.82) is 0 Å². The van der Waals surface area contributed by atoms with Gasteiger partial charge in [0.15, 0.2) is 0 Å². The summed E-state index contributed by atoms with van der Waals surface area (Å²) in [5.41, 5.74) is 7.54. The van der Waals surface area contributed by atoms with Crippen molar-refractivity contribution in [1.82, 2.24) is 0 Å². The lowest BCUT2D eigenvalue weighted by molar-refractivity contribution is 0.0394. The van der Waals surface area contributed by atoms with Crippen molar-refractivity contribution < 1.29 is 23.9 Å². The zero-order valence-corrected chi connectivity index (χ0v) is 20.3. The summed E-state index contributed by atoms with van der Waals surface area (Å²) in [5.74, 6) is -5.56. The minimum atomic E-state index is -1.54. The quantitative estimate of drug-likeness (QED) is 0.193. The number of benzene rings is 2. The Balaban J connectivity index is 2.69. The van der Waals surface area contributed by atoms with Crippen LogP contribution in [0.2, 0.25) is 40.2 Å². The number of primary amides is 2. The number of hydrogen-bond donors (Lipinski definition) is 2. The molecular weight excluding hydrogens is 584 g/mol. The van der Waals surface area contributed by atoms with E-state index in [0.29, 0.717) is 0 Å². The molecule has 15 heteroatoms. The first-order chi connectivity index (χ1) is 14.2. The van der Waals surface area contributed by atoms with Crippen LogP contribution < -0.4 is 11.5 Å². The van der Waals surface area contributed by atoms with Crippen LogP contribution >= 0.6 is 92.8 Å². The molecule has 0 spiro atoms. The third kappa shape index (κ3) is 4.65. The van der Waals surface area contributed by atoms with Crippen molar-refractivity contribution in [3.05, 3.63) is 62.4 Å². The van der Waals surface area contributed by atoms with E-state index in [-0.39, 0.29) is 10.0 Å². The lowest BCUT2D eigenvalue weighted by Crippen LogP contribution is -2.24. The third-order valence-corrected chi connectivity index (χ3v) is 7.22. The molecule has 0 unspecified atom stereocenters. The summed E-state index contributed by atoms with van der Waals surface area (Å²) < 4.78 is 4.68. The Morgan fingerprint density at radius 3 is 0.903 bits per heavy atom. The van der Waals surface area contributed by atoms with Gasteiger partial charge in [0, 0.05) is 0 Å². The fourth-order valence-corrected chi connectivity index (χ4v) is 4.34. The predicted molar refractivity (Wildman–Crippen MR) is 120 cm³/mol. The summed E-state index contributed by atoms with van der Waals surface area (Å²) in [4.78, 5) is 48.9. The third-order valence-electron chi connectivity index (χ3n) is 3.62. The topological polar surface area (TPSA) is 130 Å². The molecule has 0 saturated carbocycles. The number of halogens is 8. The molecule has 0 aliphatic heterocycles. The maximum Gasteiger partial charge on any atom is 0.348 e. The first-order valence-electron chi connectivity index (χ1n) is 7.31. The maximum atomic E-state index is 12.7. The van der Waals surface area contributed by atoms with Crippen molar-refractivity contribution in [3.63, 3.8) is 0 Å². The standard InChI is InChI=1S/C16H4Cl8N2O5/c17-5-1(13(25)27)3(7(19)11(23)9(5)21)15(29)31-16(30)4-2(14(26)28)6(18)10(22)12(24)8(4)20/h(H2,25,27)(H2,26,28). The first-order valence-corrected chi connectivity index (χ1v) is 10.3. The molecule has 0 aliphatic rings. The van der Waals surface area contributed by atoms with E-state index in [1.807, 2.05) is 0 Å². The normalized spacial score (nSPS) is 10.7. The van der Waals surface area contributed by atoms with Crippen LogP contribution in [-0.2, 0) is 4.74 Å². The van der Waals surface area contributed by atoms with Gasteiger partial charge < -0.3 is 16.2 Å². The van der Waals surface area contributed by atoms with Crippen LogP contribution in [0.3, 0.4) is 0 Å². The number of hydrogen-bond acceptors (Lipinski definition) is 5. The SMILES string of the molecule is NC(=O)c1c(Cl)c(Cl)c(Cl)c(Cl)c1C(=O)OC(=O)c1c(Cl)c(Cl)c(Cl)c(Cl)c1C(N)=O. The van der Waals surface area contributed by atoms with E-state index in [2.05, 4.69) is 4.74 Å². The molecule has 0 aliphatic carbocycles. The molecule has 2 amide bonds. The molecule has 2 aromatic rings. The van der Waals surface area contributed by atoms with Crippen LogP contribution in [0.15, 0.2) is 0 Å². The maximum absolute atomic E-state index is 12.7. The molecule has 2 aromatic carbocycles. The monoisotopic (exact) mass is 584 g/mol. The van der Waals surface area contributed by atoms with E-state index in [1.54, 1.807) is 0 Å². The lowest BCUT2D eigenvalue weighted by Gasteiger charge is -2.15. The van der Waals surface area contributed by atoms with Crippen molar-refractivity contribution in [2.24, 2.45) is 11.5 Å². The van der Waals surface area contributed by atoms with Gasteiger partial charge in [-0.15, -0.1) is 0 Å². The Kier molecular flexibility index (Phi) is 8.22. The van der Waals surface area contributed by atoms with Gasteiger partial charge in [-0.3, -0.25) is 9.59 Å². The van der Waals surface area contributed by atoms with Crippen LogP contribution in [0.5, 0.6) is 0 Å². The Morgan fingerprint density at radius 2 is 0.677 bits per heavy atom. The molecule has 0 saturated heterocycles. The van der Waals surface area contributed by atoms with E-state index in [1.165, 1.54) is 0 Å². The highest BCUT2D eigenvalue weighted by atomic mass is 35.5. The number of amides is 2. The minimum Gasteiger partial charge on any atom is -0.386 e. The van der Waals surface area contributed by atoms with Gasteiger partial charge in [0.05, 0.1) is 62.4 Å². The molecule has 164 valence electrons. The van der Waals surface area contributed by atoms with Gasteiger partial charge in [0.1, 0.15) is 0 Å². The van der Waals surface area contributed by atoms with Gasteiger partial charge in [-0.1, -0.05) is 92.8 Å². The fraction of sp³-hybridized carbons (Fsp3) is 0. The van der Waals surface area contributed by atoms with E-state index in [0.717, 1.165) is 0 Å². The Labute approximate surface area is 213 Å². The highest BCUT2D eigenvalue weighted by Gasteiger charge is 2.33. The number of rotatable bonds is 4. The summed E-state index contributed by atoms with van der Waals surface area (Å²) >= 11 is 47.3. The van der Waals surface area contributed by atoms with Crippen LogP contribution in [-0.4, -0.2) is 23.8 Å². The fourth-order valence-electron chi connectivity index (χ4n) is 2.30. The van der Waals surface area contributed by atoms with Crippen LogP contribution in [0, 0.1) is 0 Å². The molecule has 0 fully saturated rings. The van der Waals surface area contributed by atoms with E-state index >= 15 is 0 Å². The number of ether oxygens (including phenoxy) is 1. The first kappa shape index (κ1) is 26.1. The Morgan fingerprint density at radius 1 is 0.452 bits per heavy atom. The van der Waals surface area contributed by atoms with Gasteiger partial charge in [0.2, 0.25) is 0 Å². The van der Waals surface area contributed by atoms with Gasteiger partial charge in [-0.05, 0) is 0 Å². The molecule has 4 N–H and O–H groups in total. The summed E-state index contributed by atoms with van der Waals surface area (Å²) in [6, 6.07) is 0. The molecule has 0 heterocycles. The smallest absolute Gasteiger partial charge is 0.348 e. The molecule has 31 heavy (non-hydrogen) atoms. The second kappa shape index (κ2) is 9.77. The summed E-state index contributed by atoms with van der Waals surface area (Å²) in [5, 5.41) is -3.81. The minimum absolute atomic E-state index is 0.375. The molecule has 0 aromatic heterocycles. The number of esters is 2. The molecule has 2 rings (SSSR count). The molecule has 7 nitrogen and oxygen atoms in total. The van der Waals surface area contributed by atoms with E-state index in [9.17, 15) is 19.2 Å². The van der Waals surface area contributed by atoms with Crippen LogP contribution in [0.4, 0.5) is 0 Å². The van der Waals surface area contributed by atoms with Gasteiger partial charge in [0.25, 0.3) is 11.8 Å². The number of nitrogens with two attached hydrogens (primary N) is 2. The van der Waals surface area contributed by atoms with Crippen molar-refractivity contribution in [2.75, 3.05) is 0 Å². The van der Waals surface area contributed by atoms with Crippen molar-refractivity contribution in [3.8, 4) is 0 Å². The predicted octanol–water partition coefficient (Wildman–Crippen LogP) is 6.11. The molecule has 0 atom stereocenters. The number of carbonyl (C=O) groups excluding carboxylic acids is 4. The second-order valence-electron chi connectivity index (χ2n) is 5.42. The van der Waals surface area contributed by atoms with Crippen LogP contribution in [0.1, 0.15) is 41.4 Å². The second-order valence-corrected chi connectivity index (χ2v) is 8.44.